The molecule has 0 atom stereocenters. The second-order valence-electron chi connectivity index (χ2n) is 22.2. The van der Waals surface area contributed by atoms with E-state index in [9.17, 15) is 40.0 Å². The van der Waals surface area contributed by atoms with Gasteiger partial charge in [-0.2, -0.15) is 20.5 Å². The Kier molecular flexibility index (Phi) is 26.3. The van der Waals surface area contributed by atoms with E-state index in [1.165, 1.54) is 89.1 Å². The summed E-state index contributed by atoms with van der Waals surface area (Å²) in [5.41, 5.74) is 5.14. The molecular formula is C69H74BBrN12O16. The summed E-state index contributed by atoms with van der Waals surface area (Å²) in [4.78, 5) is 48.5. The molecule has 1 heterocycles. The third-order valence-corrected chi connectivity index (χ3v) is 16.0. The van der Waals surface area contributed by atoms with E-state index in [4.69, 9.17) is 37.7 Å². The number of nitro groups is 2. The first-order chi connectivity index (χ1) is 47.0. The molecule has 0 spiro atoms. The number of non-ortho nitro benzene ring substituents is 2. The molecule has 28 nitrogen and oxygen atoms in total. The van der Waals surface area contributed by atoms with E-state index in [2.05, 4.69) is 66.6 Å². The Morgan fingerprint density at radius 1 is 0.475 bits per heavy atom. The molecule has 2 N–H and O–H groups in total. The van der Waals surface area contributed by atoms with Gasteiger partial charge in [-0.25, -0.2) is 9.59 Å². The van der Waals surface area contributed by atoms with Crippen LogP contribution in [0.4, 0.5) is 68.2 Å². The van der Waals surface area contributed by atoms with Crippen LogP contribution in [0, 0.1) is 20.2 Å². The highest BCUT2D eigenvalue weighted by Gasteiger charge is 2.52. The van der Waals surface area contributed by atoms with Gasteiger partial charge in [0, 0.05) is 77.5 Å². The number of carboxylic acid groups (broad SMARTS) is 2. The minimum atomic E-state index is -1.09. The number of nitro benzene ring substituents is 2. The summed E-state index contributed by atoms with van der Waals surface area (Å²) < 4.78 is 46.9. The molecule has 8 aromatic carbocycles. The fourth-order valence-corrected chi connectivity index (χ4v) is 9.80. The van der Waals surface area contributed by atoms with Crippen molar-refractivity contribution in [1.29, 1.82) is 0 Å². The number of carbonyl (C=O) groups is 2. The molecule has 8 aromatic rings. The number of rotatable bonds is 29. The van der Waals surface area contributed by atoms with E-state index in [-0.39, 0.29) is 48.9 Å². The molecule has 0 aliphatic carbocycles. The number of carboxylic acids is 2. The van der Waals surface area contributed by atoms with E-state index in [1.807, 2.05) is 90.1 Å². The number of benzene rings is 8. The maximum absolute atomic E-state index is 12.0. The summed E-state index contributed by atoms with van der Waals surface area (Å²) >= 11 is 3.35. The lowest BCUT2D eigenvalue weighted by molar-refractivity contribution is -0.385. The van der Waals surface area contributed by atoms with Crippen LogP contribution in [0.2, 0.25) is 0 Å². The zero-order valence-electron chi connectivity index (χ0n) is 55.2. The topological polar surface area (TPSA) is 340 Å². The predicted octanol–water partition coefficient (Wildman–Crippen LogP) is 17.8. The Labute approximate surface area is 580 Å². The van der Waals surface area contributed by atoms with Gasteiger partial charge in [0.1, 0.15) is 81.6 Å². The monoisotopic (exact) mass is 1420 g/mol. The Hall–Kier alpha value is -11.2. The smallest absolute Gasteiger partial charge is 0.494 e. The van der Waals surface area contributed by atoms with Gasteiger partial charge in [0.2, 0.25) is 0 Å². The van der Waals surface area contributed by atoms with Gasteiger partial charge in [0.05, 0.1) is 85.3 Å². The van der Waals surface area contributed by atoms with Gasteiger partial charge in [-0.3, -0.25) is 20.2 Å². The fraction of sp³-hybridized carbons (Fsp3) is 0.275. The summed E-state index contributed by atoms with van der Waals surface area (Å²) in [5.74, 6) is -0.0696. The highest BCUT2D eigenvalue weighted by atomic mass is 79.9. The lowest BCUT2D eigenvalue weighted by atomic mass is 9.78. The molecule has 99 heavy (non-hydrogen) atoms. The normalized spacial score (nSPS) is 13.0. The molecule has 9 rings (SSSR count). The van der Waals surface area contributed by atoms with Crippen LogP contribution < -0.4 is 43.7 Å². The van der Waals surface area contributed by atoms with Gasteiger partial charge in [-0.15, -0.1) is 20.5 Å². The van der Waals surface area contributed by atoms with Crippen molar-refractivity contribution in [2.75, 3.05) is 77.6 Å². The van der Waals surface area contributed by atoms with Crippen LogP contribution in [0.15, 0.2) is 203 Å². The van der Waals surface area contributed by atoms with Crippen molar-refractivity contribution in [3.05, 3.63) is 194 Å². The van der Waals surface area contributed by atoms with E-state index in [0.717, 1.165) is 15.8 Å². The molecule has 1 aliphatic heterocycles. The number of hydrogen-bond acceptors (Lipinski definition) is 24. The van der Waals surface area contributed by atoms with Crippen LogP contribution in [-0.4, -0.2) is 118 Å². The van der Waals surface area contributed by atoms with Crippen LogP contribution in [0.3, 0.4) is 0 Å². The second kappa shape index (κ2) is 34.6. The predicted molar refractivity (Wildman–Crippen MR) is 379 cm³/mol. The number of ether oxygens (including phenoxy) is 6. The average Bonchev–Trinajstić information content (AvgIpc) is 1.60. The first kappa shape index (κ1) is 75.1. The average molecular weight is 1420 g/mol. The summed E-state index contributed by atoms with van der Waals surface area (Å²) in [5, 5.41) is 75.2. The van der Waals surface area contributed by atoms with Crippen molar-refractivity contribution in [1.82, 2.24) is 0 Å². The molecule has 516 valence electrons. The Morgan fingerprint density at radius 3 is 1.09 bits per heavy atom. The summed E-state index contributed by atoms with van der Waals surface area (Å²) in [6.45, 7) is 14.8. The summed E-state index contributed by atoms with van der Waals surface area (Å²) in [6, 6.07) is 42.5. The van der Waals surface area contributed by atoms with Gasteiger partial charge in [0.25, 0.3) is 11.4 Å². The third-order valence-electron chi connectivity index (χ3n) is 15.5. The minimum Gasteiger partial charge on any atom is -0.494 e. The van der Waals surface area contributed by atoms with Gasteiger partial charge in [0.15, 0.2) is 0 Å². The SMILES string of the molecule is C.CCN(CCOc1cc(B2OC(C)(C)C(C)(C)O2)ccc1C(=O)O)c1ccc(N=Nc2cc(OC)c(N=Nc3ccc([N+](=O)[O-])cc3)cc2OC)cc1.CCN(CCOc1cc(Br)ccc1C(=O)O)c1ccc(N=Nc2cc(OC)c(N=Nc3ccc([N+](=O)[O-])cc3)cc2OC)cc1. The molecule has 1 saturated heterocycles. The van der Waals surface area contributed by atoms with E-state index in [1.54, 1.807) is 48.5 Å². The van der Waals surface area contributed by atoms with Crippen molar-refractivity contribution < 1.29 is 67.4 Å². The molecule has 0 saturated carbocycles. The number of likely N-dealkylation sites (N-methyl/N-ethyl adjacent to an activating group) is 2. The lowest BCUT2D eigenvalue weighted by Gasteiger charge is -2.32. The largest absolute Gasteiger partial charge is 0.494 e. The van der Waals surface area contributed by atoms with Crippen molar-refractivity contribution in [2.45, 2.75) is 60.2 Å². The molecule has 1 aliphatic rings. The van der Waals surface area contributed by atoms with Crippen molar-refractivity contribution in [3.8, 4) is 34.5 Å². The Bertz CT molecular complexity index is 4240. The van der Waals surface area contributed by atoms with Crippen LogP contribution in [0.5, 0.6) is 34.5 Å². The van der Waals surface area contributed by atoms with Gasteiger partial charge < -0.3 is 57.7 Å². The van der Waals surface area contributed by atoms with Crippen LogP contribution in [0.1, 0.15) is 69.7 Å². The maximum Gasteiger partial charge on any atom is 0.494 e. The molecule has 1 fully saturated rings. The van der Waals surface area contributed by atoms with Crippen LogP contribution in [-0.2, 0) is 9.31 Å². The van der Waals surface area contributed by atoms with Crippen molar-refractivity contribution in [2.24, 2.45) is 40.9 Å². The second-order valence-corrected chi connectivity index (χ2v) is 23.1. The maximum atomic E-state index is 12.0. The molecular weight excluding hydrogens is 1340 g/mol. The number of aromatic carboxylic acids is 2. The minimum absolute atomic E-state index is 0. The van der Waals surface area contributed by atoms with Gasteiger partial charge >= 0.3 is 19.1 Å². The number of hydrogen-bond donors (Lipinski definition) is 2. The zero-order valence-corrected chi connectivity index (χ0v) is 56.8. The molecule has 0 radical (unpaired) electrons. The van der Waals surface area contributed by atoms with E-state index in [0.29, 0.717) is 106 Å². The first-order valence-electron chi connectivity index (χ1n) is 30.4. The number of methoxy groups -OCH3 is 4. The fourth-order valence-electron chi connectivity index (χ4n) is 9.46. The Morgan fingerprint density at radius 2 is 0.788 bits per heavy atom. The molecule has 0 aromatic heterocycles. The van der Waals surface area contributed by atoms with Gasteiger partial charge in [-0.05, 0) is 150 Å². The van der Waals surface area contributed by atoms with Crippen LogP contribution >= 0.6 is 15.9 Å². The zero-order chi connectivity index (χ0) is 70.7. The first-order valence-corrected chi connectivity index (χ1v) is 31.2. The third kappa shape index (κ3) is 19.7. The summed E-state index contributed by atoms with van der Waals surface area (Å²) in [6.07, 6.45) is 0. The Balaban J connectivity index is 0.000000279. The van der Waals surface area contributed by atoms with Gasteiger partial charge in [-0.1, -0.05) is 29.4 Å². The highest BCUT2D eigenvalue weighted by molar-refractivity contribution is 9.10. The number of nitrogens with zero attached hydrogens (tertiary/aromatic N) is 12. The number of halogens is 1. The lowest BCUT2D eigenvalue weighted by Crippen LogP contribution is -2.41. The van der Waals surface area contributed by atoms with Crippen LogP contribution in [0.25, 0.3) is 0 Å². The van der Waals surface area contributed by atoms with Crippen molar-refractivity contribution in [3.63, 3.8) is 0 Å². The standard InChI is InChI=1S/C37H41BN6O9.C31H29BrN6O7.CH4/c1-8-43(19-20-51-32-21-24(9-18-29(32)35(45)46)38-52-36(2,3)37(4,5)53-38)27-14-10-25(11-15-27)39-41-30-22-34(50-7)31(23-33(30)49-6)42-40-26-12-16-28(17-13-26)44(47)48;1-4-37(15-16-45-28-17-20(32)5-14-25(28)31(39)40)23-10-6-21(7-11-23)33-35-26-18-30(44-3)27(19-29(26)43-2)36-34-22-8-12-24(13-9-22)38(41)42;/h9-18,21-23H,8,19-20H2,1-7H3,(H,45,46);5-14,17-19H,4,15-16H2,1-3H3,(H,39,40);1H4. The molecule has 30 heteroatoms. The molecule has 0 bridgehead atoms. The van der Waals surface area contributed by atoms with Crippen molar-refractivity contribution >= 4 is 109 Å². The highest BCUT2D eigenvalue weighted by Crippen LogP contribution is 2.43. The molecule has 0 unspecified atom stereocenters. The van der Waals surface area contributed by atoms with E-state index >= 15 is 0 Å². The number of anilines is 2. The summed E-state index contributed by atoms with van der Waals surface area (Å²) in [7, 11) is 5.31. The molecule has 0 amide bonds. The van der Waals surface area contributed by atoms with E-state index < -0.39 is 40.1 Å². The quantitative estimate of drug-likeness (QED) is 0.0190. The number of azo groups is 4.